The molecule has 3 amide bonds. The third kappa shape index (κ3) is 2.62. The fraction of sp³-hybridized carbons (Fsp3) is 0.526. The average Bonchev–Trinajstić information content (AvgIpc) is 3.20. The predicted molar refractivity (Wildman–Crippen MR) is 95.1 cm³/mol. The Labute approximate surface area is 152 Å². The van der Waals surface area contributed by atoms with Crippen molar-refractivity contribution < 1.29 is 19.5 Å². The predicted octanol–water partition coefficient (Wildman–Crippen LogP) is 1.93. The smallest absolute Gasteiger partial charge is 0.321 e. The lowest BCUT2D eigenvalue weighted by atomic mass is 9.81. The van der Waals surface area contributed by atoms with Crippen LogP contribution in [0.2, 0.25) is 0 Å². The van der Waals surface area contributed by atoms with Crippen molar-refractivity contribution in [2.75, 3.05) is 31.1 Å². The summed E-state index contributed by atoms with van der Waals surface area (Å²) in [6.45, 7) is 2.07. The topological polar surface area (TPSA) is 90.0 Å². The number of carbonyl (C=O) groups is 3. The van der Waals surface area contributed by atoms with Gasteiger partial charge in [-0.15, -0.1) is 0 Å². The summed E-state index contributed by atoms with van der Waals surface area (Å²) in [5.41, 5.74) is 0.418. The van der Waals surface area contributed by atoms with Crippen LogP contribution in [0.25, 0.3) is 0 Å². The van der Waals surface area contributed by atoms with Crippen LogP contribution in [0.5, 0.6) is 0 Å². The number of nitrogens with one attached hydrogen (secondary N) is 1. The largest absolute Gasteiger partial charge is 0.481 e. The van der Waals surface area contributed by atoms with Gasteiger partial charge in [0, 0.05) is 37.4 Å². The van der Waals surface area contributed by atoms with Gasteiger partial charge in [0.1, 0.15) is 0 Å². The standard InChI is InChI=1S/C19H23N3O4/c23-16(21-11-14-5-2-7-19(14,12-21)17(24)25)13-4-1-6-15(10-13)22-9-3-8-20-18(22)26/h1,4,6,10,14H,2-3,5,7-9,11-12H2,(H,20,26)(H,24,25)/t14-,19+/m0/s1. The number of anilines is 1. The SMILES string of the molecule is O=C(c1cccc(N2CCCNC2=O)c1)N1C[C@@H]2CCC[C@@]2(C(=O)O)C1. The molecule has 1 saturated carbocycles. The molecule has 1 aromatic rings. The minimum Gasteiger partial charge on any atom is -0.481 e. The number of hydrogen-bond acceptors (Lipinski definition) is 3. The zero-order valence-electron chi connectivity index (χ0n) is 14.6. The number of carboxylic acids is 1. The number of carboxylic acid groups (broad SMARTS) is 1. The number of benzene rings is 1. The Kier molecular flexibility index (Phi) is 4.09. The maximum Gasteiger partial charge on any atom is 0.321 e. The van der Waals surface area contributed by atoms with Gasteiger partial charge in [-0.2, -0.15) is 0 Å². The van der Waals surface area contributed by atoms with Crippen molar-refractivity contribution in [2.24, 2.45) is 11.3 Å². The Balaban J connectivity index is 1.55. The van der Waals surface area contributed by atoms with Crippen molar-refractivity contribution in [3.05, 3.63) is 29.8 Å². The van der Waals surface area contributed by atoms with Crippen molar-refractivity contribution in [3.63, 3.8) is 0 Å². The molecule has 2 heterocycles. The van der Waals surface area contributed by atoms with Gasteiger partial charge in [-0.3, -0.25) is 14.5 Å². The number of carbonyl (C=O) groups excluding carboxylic acids is 2. The minimum absolute atomic E-state index is 0.0417. The Bertz CT molecular complexity index is 765. The molecule has 26 heavy (non-hydrogen) atoms. The second kappa shape index (κ2) is 6.30. The van der Waals surface area contributed by atoms with Crippen molar-refractivity contribution in [1.29, 1.82) is 0 Å². The summed E-state index contributed by atoms with van der Waals surface area (Å²) in [7, 11) is 0. The summed E-state index contributed by atoms with van der Waals surface area (Å²) in [6, 6.07) is 6.90. The van der Waals surface area contributed by atoms with E-state index in [4.69, 9.17) is 0 Å². The maximum atomic E-state index is 13.0. The molecule has 3 fully saturated rings. The Morgan fingerprint density at radius 2 is 2.12 bits per heavy atom. The van der Waals surface area contributed by atoms with Crippen molar-refractivity contribution in [2.45, 2.75) is 25.7 Å². The molecule has 0 aromatic heterocycles. The van der Waals surface area contributed by atoms with E-state index in [1.807, 2.05) is 6.07 Å². The van der Waals surface area contributed by atoms with Crippen LogP contribution in [0, 0.1) is 11.3 Å². The number of hydrogen-bond donors (Lipinski definition) is 2. The van der Waals surface area contributed by atoms with E-state index < -0.39 is 11.4 Å². The van der Waals surface area contributed by atoms with E-state index in [0.29, 0.717) is 37.3 Å². The van der Waals surface area contributed by atoms with Crippen LogP contribution in [-0.2, 0) is 4.79 Å². The summed E-state index contributed by atoms with van der Waals surface area (Å²) >= 11 is 0. The average molecular weight is 357 g/mol. The van der Waals surface area contributed by atoms with Crippen LogP contribution < -0.4 is 10.2 Å². The molecule has 2 N–H and O–H groups in total. The fourth-order valence-corrected chi connectivity index (χ4v) is 4.66. The van der Waals surface area contributed by atoms with E-state index in [2.05, 4.69) is 5.32 Å². The first-order valence-electron chi connectivity index (χ1n) is 9.19. The molecule has 138 valence electrons. The molecule has 7 nitrogen and oxygen atoms in total. The van der Waals surface area contributed by atoms with Crippen LogP contribution in [0.1, 0.15) is 36.0 Å². The van der Waals surface area contributed by atoms with E-state index in [1.54, 1.807) is 28.0 Å². The zero-order chi connectivity index (χ0) is 18.3. The van der Waals surface area contributed by atoms with Gasteiger partial charge in [-0.25, -0.2) is 4.79 Å². The van der Waals surface area contributed by atoms with Gasteiger partial charge in [0.15, 0.2) is 0 Å². The van der Waals surface area contributed by atoms with Crippen molar-refractivity contribution in [1.82, 2.24) is 10.2 Å². The highest BCUT2D eigenvalue weighted by Gasteiger charge is 2.55. The third-order valence-corrected chi connectivity index (χ3v) is 6.07. The monoisotopic (exact) mass is 357 g/mol. The molecule has 0 unspecified atom stereocenters. The molecule has 0 spiro atoms. The van der Waals surface area contributed by atoms with E-state index >= 15 is 0 Å². The molecule has 1 aliphatic carbocycles. The number of aliphatic carboxylic acids is 1. The lowest BCUT2D eigenvalue weighted by molar-refractivity contribution is -0.149. The number of urea groups is 1. The van der Waals surface area contributed by atoms with E-state index in [0.717, 1.165) is 19.3 Å². The molecule has 2 atom stereocenters. The van der Waals surface area contributed by atoms with Crippen LogP contribution in [-0.4, -0.2) is 54.1 Å². The first-order chi connectivity index (χ1) is 12.5. The highest BCUT2D eigenvalue weighted by Crippen LogP contribution is 2.49. The van der Waals surface area contributed by atoms with Crippen molar-refractivity contribution >= 4 is 23.6 Å². The number of fused-ring (bicyclic) bond motifs is 1. The van der Waals surface area contributed by atoms with E-state index in [-0.39, 0.29) is 24.4 Å². The summed E-state index contributed by atoms with van der Waals surface area (Å²) in [5, 5.41) is 12.5. The van der Waals surface area contributed by atoms with Crippen LogP contribution >= 0.6 is 0 Å². The quantitative estimate of drug-likeness (QED) is 0.865. The summed E-state index contributed by atoms with van der Waals surface area (Å²) in [5.74, 6) is -0.895. The molecule has 4 rings (SSSR count). The number of likely N-dealkylation sites (tertiary alicyclic amines) is 1. The van der Waals surface area contributed by atoms with Crippen molar-refractivity contribution in [3.8, 4) is 0 Å². The molecule has 3 aliphatic rings. The number of amides is 3. The van der Waals surface area contributed by atoms with Gasteiger partial charge in [0.25, 0.3) is 5.91 Å². The van der Waals surface area contributed by atoms with Crippen LogP contribution in [0.15, 0.2) is 24.3 Å². The summed E-state index contributed by atoms with van der Waals surface area (Å²) < 4.78 is 0. The normalized spacial score (nSPS) is 28.0. The van der Waals surface area contributed by atoms with E-state index in [1.165, 1.54) is 0 Å². The van der Waals surface area contributed by atoms with Gasteiger partial charge in [0.2, 0.25) is 0 Å². The molecule has 7 heteroatoms. The van der Waals surface area contributed by atoms with Gasteiger partial charge < -0.3 is 15.3 Å². The molecular weight excluding hydrogens is 334 g/mol. The second-order valence-corrected chi connectivity index (χ2v) is 7.52. The lowest BCUT2D eigenvalue weighted by Crippen LogP contribution is -2.46. The Morgan fingerprint density at radius 1 is 1.27 bits per heavy atom. The summed E-state index contributed by atoms with van der Waals surface area (Å²) in [6.07, 6.45) is 3.28. The van der Waals surface area contributed by atoms with Crippen LogP contribution in [0.3, 0.4) is 0 Å². The van der Waals surface area contributed by atoms with Gasteiger partial charge in [0.05, 0.1) is 5.41 Å². The number of nitrogens with zero attached hydrogens (tertiary/aromatic N) is 2. The molecule has 0 bridgehead atoms. The number of rotatable bonds is 3. The molecule has 1 aromatic carbocycles. The Hall–Kier alpha value is -2.57. The maximum absolute atomic E-state index is 13.0. The zero-order valence-corrected chi connectivity index (χ0v) is 14.6. The van der Waals surface area contributed by atoms with Gasteiger partial charge in [-0.1, -0.05) is 12.5 Å². The van der Waals surface area contributed by atoms with E-state index in [9.17, 15) is 19.5 Å². The van der Waals surface area contributed by atoms with Crippen LogP contribution in [0.4, 0.5) is 10.5 Å². The third-order valence-electron chi connectivity index (χ3n) is 6.07. The molecule has 0 radical (unpaired) electrons. The molecule has 2 aliphatic heterocycles. The first kappa shape index (κ1) is 16.9. The minimum atomic E-state index is -0.783. The van der Waals surface area contributed by atoms with Gasteiger partial charge >= 0.3 is 12.0 Å². The highest BCUT2D eigenvalue weighted by atomic mass is 16.4. The Morgan fingerprint density at radius 3 is 2.85 bits per heavy atom. The second-order valence-electron chi connectivity index (χ2n) is 7.52. The molecular formula is C19H23N3O4. The highest BCUT2D eigenvalue weighted by molar-refractivity contribution is 5.98. The first-order valence-corrected chi connectivity index (χ1v) is 9.19. The fourth-order valence-electron chi connectivity index (χ4n) is 4.66. The summed E-state index contributed by atoms with van der Waals surface area (Å²) in [4.78, 5) is 40.1. The lowest BCUT2D eigenvalue weighted by Gasteiger charge is -2.28. The molecule has 2 saturated heterocycles. The van der Waals surface area contributed by atoms with Gasteiger partial charge in [-0.05, 0) is 43.4 Å².